The second kappa shape index (κ2) is 7.53. The number of nitrogen functional groups attached to an aromatic ring is 1. The summed E-state index contributed by atoms with van der Waals surface area (Å²) < 4.78 is 5.74. The van der Waals surface area contributed by atoms with E-state index in [-0.39, 0.29) is 0 Å². The van der Waals surface area contributed by atoms with Gasteiger partial charge in [-0.05, 0) is 43.2 Å². The number of hydrogen-bond acceptors (Lipinski definition) is 4. The van der Waals surface area contributed by atoms with Crippen molar-refractivity contribution >= 4 is 11.5 Å². The molecule has 0 saturated carbocycles. The Bertz CT molecular complexity index is 448. The van der Waals surface area contributed by atoms with Gasteiger partial charge < -0.3 is 15.4 Å². The normalized spacial score (nSPS) is 19.6. The maximum atomic E-state index is 5.97. The molecule has 118 valence electrons. The standard InChI is InChI=1S/C17H29N3O/c1-4-14-6-5-10-20(11-9-14)16-8-7-15(18)17(19-16)21-12-13(2)3/h7-8,13-14H,4-6,9-12,18H2,1-3H3. The monoisotopic (exact) mass is 291 g/mol. The van der Waals surface area contributed by atoms with Crippen LogP contribution in [-0.2, 0) is 0 Å². The molecular weight excluding hydrogens is 262 g/mol. The molecule has 4 nitrogen and oxygen atoms in total. The van der Waals surface area contributed by atoms with E-state index in [1.165, 1.54) is 25.7 Å². The smallest absolute Gasteiger partial charge is 0.239 e. The second-order valence-electron chi connectivity index (χ2n) is 6.46. The molecule has 0 radical (unpaired) electrons. The molecule has 1 aromatic rings. The number of ether oxygens (including phenoxy) is 1. The van der Waals surface area contributed by atoms with Crippen molar-refractivity contribution in [3.63, 3.8) is 0 Å². The fourth-order valence-electron chi connectivity index (χ4n) is 2.78. The highest BCUT2D eigenvalue weighted by atomic mass is 16.5. The van der Waals surface area contributed by atoms with Crippen molar-refractivity contribution in [2.24, 2.45) is 11.8 Å². The molecule has 0 bridgehead atoms. The average Bonchev–Trinajstić information content (AvgIpc) is 2.71. The first-order chi connectivity index (χ1) is 10.1. The number of nitrogens with two attached hydrogens (primary N) is 1. The van der Waals surface area contributed by atoms with Gasteiger partial charge in [-0.1, -0.05) is 27.2 Å². The third-order valence-corrected chi connectivity index (χ3v) is 4.18. The van der Waals surface area contributed by atoms with Crippen LogP contribution in [-0.4, -0.2) is 24.7 Å². The summed E-state index contributed by atoms with van der Waals surface area (Å²) in [5.41, 5.74) is 6.60. The van der Waals surface area contributed by atoms with Crippen molar-refractivity contribution in [1.82, 2.24) is 4.98 Å². The Morgan fingerprint density at radius 2 is 2.14 bits per heavy atom. The van der Waals surface area contributed by atoms with Crippen LogP contribution in [0.15, 0.2) is 12.1 Å². The highest BCUT2D eigenvalue weighted by molar-refractivity contribution is 5.54. The number of hydrogen-bond donors (Lipinski definition) is 1. The lowest BCUT2D eigenvalue weighted by Gasteiger charge is -2.22. The van der Waals surface area contributed by atoms with Crippen molar-refractivity contribution in [3.05, 3.63) is 12.1 Å². The van der Waals surface area contributed by atoms with Crippen LogP contribution in [0.1, 0.15) is 46.5 Å². The molecule has 1 fully saturated rings. The minimum atomic E-state index is 0.471. The molecule has 2 N–H and O–H groups in total. The Kier molecular flexibility index (Phi) is 5.71. The lowest BCUT2D eigenvalue weighted by Crippen LogP contribution is -2.25. The van der Waals surface area contributed by atoms with Gasteiger partial charge in [0.1, 0.15) is 5.82 Å². The Hall–Kier alpha value is -1.45. The van der Waals surface area contributed by atoms with E-state index in [1.807, 2.05) is 12.1 Å². The van der Waals surface area contributed by atoms with Crippen molar-refractivity contribution in [2.75, 3.05) is 30.3 Å². The van der Waals surface area contributed by atoms with E-state index < -0.39 is 0 Å². The molecule has 0 aromatic carbocycles. The molecule has 1 aliphatic rings. The van der Waals surface area contributed by atoms with E-state index in [9.17, 15) is 0 Å². The zero-order valence-corrected chi connectivity index (χ0v) is 13.6. The van der Waals surface area contributed by atoms with Crippen LogP contribution in [0.25, 0.3) is 0 Å². The molecule has 2 heterocycles. The van der Waals surface area contributed by atoms with Gasteiger partial charge in [-0.15, -0.1) is 0 Å². The molecule has 4 heteroatoms. The molecule has 1 unspecified atom stereocenters. The van der Waals surface area contributed by atoms with Crippen LogP contribution >= 0.6 is 0 Å². The van der Waals surface area contributed by atoms with Gasteiger partial charge >= 0.3 is 0 Å². The predicted molar refractivity (Wildman–Crippen MR) is 88.8 cm³/mol. The fourth-order valence-corrected chi connectivity index (χ4v) is 2.78. The number of nitrogens with zero attached hydrogens (tertiary/aromatic N) is 2. The summed E-state index contributed by atoms with van der Waals surface area (Å²) in [5.74, 6) is 2.91. The lowest BCUT2D eigenvalue weighted by molar-refractivity contribution is 0.263. The third-order valence-electron chi connectivity index (χ3n) is 4.18. The largest absolute Gasteiger partial charge is 0.476 e. The fraction of sp³-hybridized carbons (Fsp3) is 0.706. The average molecular weight is 291 g/mol. The molecule has 1 aliphatic heterocycles. The molecular formula is C17H29N3O. The molecule has 2 rings (SSSR count). The summed E-state index contributed by atoms with van der Waals surface area (Å²) in [7, 11) is 0. The van der Waals surface area contributed by atoms with Crippen molar-refractivity contribution in [2.45, 2.75) is 46.5 Å². The molecule has 21 heavy (non-hydrogen) atoms. The number of aromatic nitrogens is 1. The maximum absolute atomic E-state index is 5.97. The number of pyridine rings is 1. The Morgan fingerprint density at radius 3 is 2.86 bits per heavy atom. The van der Waals surface area contributed by atoms with Gasteiger partial charge in [0.2, 0.25) is 5.88 Å². The van der Waals surface area contributed by atoms with Crippen LogP contribution in [0.2, 0.25) is 0 Å². The number of anilines is 2. The SMILES string of the molecule is CCC1CCCN(c2ccc(N)c(OCC(C)C)n2)CC1. The van der Waals surface area contributed by atoms with Crippen LogP contribution in [0, 0.1) is 11.8 Å². The topological polar surface area (TPSA) is 51.4 Å². The van der Waals surface area contributed by atoms with Crippen LogP contribution in [0.5, 0.6) is 5.88 Å². The first kappa shape index (κ1) is 15.9. The van der Waals surface area contributed by atoms with Gasteiger partial charge in [0.25, 0.3) is 0 Å². The summed E-state index contributed by atoms with van der Waals surface area (Å²) >= 11 is 0. The lowest BCUT2D eigenvalue weighted by atomic mass is 9.98. The summed E-state index contributed by atoms with van der Waals surface area (Å²) in [5, 5.41) is 0. The van der Waals surface area contributed by atoms with Gasteiger partial charge in [-0.25, -0.2) is 0 Å². The maximum Gasteiger partial charge on any atom is 0.239 e. The summed E-state index contributed by atoms with van der Waals surface area (Å²) in [6.07, 6.45) is 5.11. The van der Waals surface area contributed by atoms with E-state index in [1.54, 1.807) is 0 Å². The summed E-state index contributed by atoms with van der Waals surface area (Å²) in [6, 6.07) is 3.93. The van der Waals surface area contributed by atoms with Gasteiger partial charge in [-0.2, -0.15) is 4.98 Å². The van der Waals surface area contributed by atoms with Crippen molar-refractivity contribution in [3.8, 4) is 5.88 Å². The Morgan fingerprint density at radius 1 is 1.33 bits per heavy atom. The van der Waals surface area contributed by atoms with Crippen molar-refractivity contribution < 1.29 is 4.74 Å². The third kappa shape index (κ3) is 4.51. The van der Waals surface area contributed by atoms with E-state index in [2.05, 4.69) is 30.7 Å². The minimum absolute atomic E-state index is 0.471. The zero-order chi connectivity index (χ0) is 15.2. The van der Waals surface area contributed by atoms with Crippen molar-refractivity contribution in [1.29, 1.82) is 0 Å². The molecule has 0 amide bonds. The zero-order valence-electron chi connectivity index (χ0n) is 13.6. The highest BCUT2D eigenvalue weighted by Crippen LogP contribution is 2.27. The molecule has 1 atom stereocenters. The second-order valence-corrected chi connectivity index (χ2v) is 6.46. The van der Waals surface area contributed by atoms with E-state index in [0.29, 0.717) is 24.1 Å². The van der Waals surface area contributed by atoms with E-state index in [4.69, 9.17) is 10.5 Å². The Labute approximate surface area is 128 Å². The first-order valence-corrected chi connectivity index (χ1v) is 8.24. The van der Waals surface area contributed by atoms with Crippen LogP contribution < -0.4 is 15.4 Å². The molecule has 1 saturated heterocycles. The quantitative estimate of drug-likeness (QED) is 0.898. The van der Waals surface area contributed by atoms with Crippen LogP contribution in [0.4, 0.5) is 11.5 Å². The number of rotatable bonds is 5. The van der Waals surface area contributed by atoms with E-state index >= 15 is 0 Å². The molecule has 1 aromatic heterocycles. The summed E-state index contributed by atoms with van der Waals surface area (Å²) in [6.45, 7) is 9.35. The van der Waals surface area contributed by atoms with Crippen LogP contribution in [0.3, 0.4) is 0 Å². The highest BCUT2D eigenvalue weighted by Gasteiger charge is 2.18. The van der Waals surface area contributed by atoms with Gasteiger partial charge in [-0.3, -0.25) is 0 Å². The minimum Gasteiger partial charge on any atom is -0.476 e. The molecule has 0 aliphatic carbocycles. The van der Waals surface area contributed by atoms with Gasteiger partial charge in [0.05, 0.1) is 12.3 Å². The molecule has 0 spiro atoms. The van der Waals surface area contributed by atoms with Gasteiger partial charge in [0, 0.05) is 13.1 Å². The predicted octanol–water partition coefficient (Wildman–Crippen LogP) is 3.72. The first-order valence-electron chi connectivity index (χ1n) is 8.24. The van der Waals surface area contributed by atoms with Gasteiger partial charge in [0.15, 0.2) is 0 Å². The Balaban J connectivity index is 2.07. The van der Waals surface area contributed by atoms with E-state index in [0.717, 1.165) is 24.8 Å². The summed E-state index contributed by atoms with van der Waals surface area (Å²) in [4.78, 5) is 7.01.